The molecule has 2 heterocycles. The molecular weight excluding hydrogens is 346 g/mol. The van der Waals surface area contributed by atoms with E-state index in [1.54, 1.807) is 24.3 Å². The molecule has 0 fully saturated rings. The number of hydrogen-bond acceptors (Lipinski definition) is 5. The van der Waals surface area contributed by atoms with Crippen molar-refractivity contribution >= 4 is 28.3 Å². The fraction of sp³-hybridized carbons (Fsp3) is 0.158. The van der Waals surface area contributed by atoms with Crippen molar-refractivity contribution in [2.75, 3.05) is 11.9 Å². The molecular formula is C19H17N5O3. The minimum atomic E-state index is -0.498. The first kappa shape index (κ1) is 16.8. The standard InChI is InChI=1S/C19H17N5O3/c1-3-27-13-7-5-12(6-8-13)20-18(25)16-22-17-19(26)21-14-10-11(2)4-9-15(14)24(17)23-16/h4-10H,3H2,1-2H3,(H,20,25)(H,21,26). The maximum Gasteiger partial charge on any atom is 0.295 e. The Morgan fingerprint density at radius 2 is 2.00 bits per heavy atom. The van der Waals surface area contributed by atoms with E-state index in [0.29, 0.717) is 23.3 Å². The molecule has 8 heteroatoms. The van der Waals surface area contributed by atoms with Crippen LogP contribution in [-0.2, 0) is 0 Å². The summed E-state index contributed by atoms with van der Waals surface area (Å²) in [5.74, 6) is 0.139. The van der Waals surface area contributed by atoms with E-state index in [9.17, 15) is 9.59 Å². The molecule has 0 aliphatic carbocycles. The molecule has 2 aromatic heterocycles. The van der Waals surface area contributed by atoms with E-state index in [1.807, 2.05) is 32.0 Å². The van der Waals surface area contributed by atoms with Gasteiger partial charge >= 0.3 is 0 Å². The fourth-order valence-electron chi connectivity index (χ4n) is 2.82. The van der Waals surface area contributed by atoms with Gasteiger partial charge in [-0.2, -0.15) is 4.98 Å². The second-order valence-electron chi connectivity index (χ2n) is 6.06. The number of aryl methyl sites for hydroxylation is 1. The van der Waals surface area contributed by atoms with Gasteiger partial charge in [-0.25, -0.2) is 4.52 Å². The Bertz CT molecular complexity index is 1210. The zero-order valence-electron chi connectivity index (χ0n) is 14.8. The van der Waals surface area contributed by atoms with E-state index < -0.39 is 11.5 Å². The van der Waals surface area contributed by atoms with Gasteiger partial charge in [0.1, 0.15) is 5.75 Å². The molecule has 0 atom stereocenters. The van der Waals surface area contributed by atoms with Gasteiger partial charge in [0, 0.05) is 5.69 Å². The highest BCUT2D eigenvalue weighted by atomic mass is 16.5. The summed E-state index contributed by atoms with van der Waals surface area (Å²) in [6.07, 6.45) is 0. The quantitative estimate of drug-likeness (QED) is 0.580. The molecule has 0 bridgehead atoms. The summed E-state index contributed by atoms with van der Waals surface area (Å²) in [4.78, 5) is 31.6. The van der Waals surface area contributed by atoms with Crippen LogP contribution < -0.4 is 15.6 Å². The van der Waals surface area contributed by atoms with Crippen molar-refractivity contribution in [2.45, 2.75) is 13.8 Å². The van der Waals surface area contributed by atoms with Gasteiger partial charge in [0.25, 0.3) is 11.5 Å². The van der Waals surface area contributed by atoms with Crippen LogP contribution in [0.5, 0.6) is 5.75 Å². The molecule has 2 N–H and O–H groups in total. The van der Waals surface area contributed by atoms with Crippen LogP contribution in [0.15, 0.2) is 47.3 Å². The largest absolute Gasteiger partial charge is 0.494 e. The first-order chi connectivity index (χ1) is 13.0. The Morgan fingerprint density at radius 1 is 1.22 bits per heavy atom. The Balaban J connectivity index is 1.69. The smallest absolute Gasteiger partial charge is 0.295 e. The monoisotopic (exact) mass is 363 g/mol. The number of carbonyl (C=O) groups excluding carboxylic acids is 1. The zero-order valence-corrected chi connectivity index (χ0v) is 14.8. The molecule has 0 unspecified atom stereocenters. The van der Waals surface area contributed by atoms with E-state index in [4.69, 9.17) is 4.74 Å². The normalized spacial score (nSPS) is 11.0. The first-order valence-corrected chi connectivity index (χ1v) is 8.49. The minimum Gasteiger partial charge on any atom is -0.494 e. The van der Waals surface area contributed by atoms with E-state index in [-0.39, 0.29) is 11.5 Å². The third kappa shape index (κ3) is 3.12. The lowest BCUT2D eigenvalue weighted by molar-refractivity contribution is 0.101. The lowest BCUT2D eigenvalue weighted by Crippen LogP contribution is -2.14. The van der Waals surface area contributed by atoms with Gasteiger partial charge in [0.05, 0.1) is 17.6 Å². The highest BCUT2D eigenvalue weighted by Gasteiger charge is 2.17. The Labute approximate surface area is 153 Å². The van der Waals surface area contributed by atoms with Crippen molar-refractivity contribution < 1.29 is 9.53 Å². The van der Waals surface area contributed by atoms with Gasteiger partial charge in [0.2, 0.25) is 11.5 Å². The number of rotatable bonds is 4. The van der Waals surface area contributed by atoms with Crippen LogP contribution in [0.3, 0.4) is 0 Å². The maximum atomic E-state index is 12.5. The molecule has 0 aliphatic rings. The number of hydrogen-bond donors (Lipinski definition) is 2. The molecule has 2 aromatic carbocycles. The fourth-order valence-corrected chi connectivity index (χ4v) is 2.82. The Kier molecular flexibility index (Phi) is 4.08. The summed E-state index contributed by atoms with van der Waals surface area (Å²) >= 11 is 0. The average molecular weight is 363 g/mol. The van der Waals surface area contributed by atoms with Crippen molar-refractivity contribution in [3.63, 3.8) is 0 Å². The summed E-state index contributed by atoms with van der Waals surface area (Å²) in [5.41, 5.74) is 2.56. The molecule has 136 valence electrons. The molecule has 27 heavy (non-hydrogen) atoms. The van der Waals surface area contributed by atoms with Crippen LogP contribution in [0, 0.1) is 6.92 Å². The van der Waals surface area contributed by atoms with Crippen molar-refractivity contribution in [3.05, 3.63) is 64.2 Å². The summed E-state index contributed by atoms with van der Waals surface area (Å²) < 4.78 is 6.76. The molecule has 8 nitrogen and oxygen atoms in total. The number of nitrogens with one attached hydrogen (secondary N) is 2. The van der Waals surface area contributed by atoms with Gasteiger partial charge in [-0.15, -0.1) is 5.10 Å². The third-order valence-corrected chi connectivity index (χ3v) is 4.06. The van der Waals surface area contributed by atoms with Gasteiger partial charge in [-0.05, 0) is 55.8 Å². The molecule has 4 aromatic rings. The SMILES string of the molecule is CCOc1ccc(NC(=O)c2nc3c(=O)[nH]c4cc(C)ccc4n3n2)cc1. The number of amides is 1. The molecule has 0 radical (unpaired) electrons. The van der Waals surface area contributed by atoms with E-state index in [0.717, 1.165) is 11.3 Å². The molecule has 0 saturated heterocycles. The van der Waals surface area contributed by atoms with Crippen molar-refractivity contribution in [2.24, 2.45) is 0 Å². The number of anilines is 1. The predicted octanol–water partition coefficient (Wildman–Crippen LogP) is 2.53. The van der Waals surface area contributed by atoms with Crippen LogP contribution >= 0.6 is 0 Å². The van der Waals surface area contributed by atoms with Gasteiger partial charge in [-0.1, -0.05) is 6.07 Å². The van der Waals surface area contributed by atoms with Crippen molar-refractivity contribution in [1.82, 2.24) is 19.6 Å². The summed E-state index contributed by atoms with van der Waals surface area (Å²) in [6, 6.07) is 12.6. The lowest BCUT2D eigenvalue weighted by atomic mass is 10.2. The van der Waals surface area contributed by atoms with Crippen LogP contribution in [-0.4, -0.2) is 32.1 Å². The Hall–Kier alpha value is -3.68. The number of ether oxygens (including phenoxy) is 1. The third-order valence-electron chi connectivity index (χ3n) is 4.06. The summed E-state index contributed by atoms with van der Waals surface area (Å²) in [7, 11) is 0. The van der Waals surface area contributed by atoms with E-state index in [1.165, 1.54) is 4.52 Å². The van der Waals surface area contributed by atoms with Crippen molar-refractivity contribution in [1.29, 1.82) is 0 Å². The predicted molar refractivity (Wildman–Crippen MR) is 101 cm³/mol. The van der Waals surface area contributed by atoms with Gasteiger partial charge in [-0.3, -0.25) is 9.59 Å². The highest BCUT2D eigenvalue weighted by Crippen LogP contribution is 2.17. The first-order valence-electron chi connectivity index (χ1n) is 8.49. The average Bonchev–Trinajstić information content (AvgIpc) is 3.10. The summed E-state index contributed by atoms with van der Waals surface area (Å²) in [6.45, 7) is 4.40. The Morgan fingerprint density at radius 3 is 2.74 bits per heavy atom. The van der Waals surface area contributed by atoms with Crippen LogP contribution in [0.1, 0.15) is 23.1 Å². The molecule has 0 spiro atoms. The minimum absolute atomic E-state index is 0.0724. The van der Waals surface area contributed by atoms with E-state index in [2.05, 4.69) is 20.4 Å². The maximum absolute atomic E-state index is 12.5. The molecule has 0 saturated carbocycles. The van der Waals surface area contributed by atoms with Gasteiger partial charge in [0.15, 0.2) is 0 Å². The molecule has 4 rings (SSSR count). The number of fused-ring (bicyclic) bond motifs is 3. The molecule has 0 aliphatic heterocycles. The van der Waals surface area contributed by atoms with Crippen LogP contribution in [0.2, 0.25) is 0 Å². The lowest BCUT2D eigenvalue weighted by Gasteiger charge is -2.05. The number of carbonyl (C=O) groups is 1. The number of aromatic nitrogens is 4. The second-order valence-corrected chi connectivity index (χ2v) is 6.06. The number of H-pyrrole nitrogens is 1. The number of nitrogens with zero attached hydrogens (tertiary/aromatic N) is 3. The molecule has 1 amide bonds. The number of benzene rings is 2. The van der Waals surface area contributed by atoms with E-state index >= 15 is 0 Å². The van der Waals surface area contributed by atoms with Gasteiger partial charge < -0.3 is 15.0 Å². The number of aromatic amines is 1. The summed E-state index contributed by atoms with van der Waals surface area (Å²) in [5, 5.41) is 6.94. The van der Waals surface area contributed by atoms with Crippen molar-refractivity contribution in [3.8, 4) is 5.75 Å². The second kappa shape index (κ2) is 6.56. The van der Waals surface area contributed by atoms with Crippen LogP contribution in [0.25, 0.3) is 16.7 Å². The zero-order chi connectivity index (χ0) is 19.0. The highest BCUT2D eigenvalue weighted by molar-refractivity contribution is 6.02. The van der Waals surface area contributed by atoms with Crippen LogP contribution in [0.4, 0.5) is 5.69 Å². The topological polar surface area (TPSA) is 101 Å².